The first-order valence-electron chi connectivity index (χ1n) is 3.76. The standard InChI is InChI=1S/C9H7NOS2/c1-6-2-8(12-4-6)9(11)7-3-10-13-5-7/h2-5H,1H3. The Hall–Kier alpha value is -1.00. The van der Waals surface area contributed by atoms with Crippen molar-refractivity contribution in [3.63, 3.8) is 0 Å². The van der Waals surface area contributed by atoms with E-state index in [1.54, 1.807) is 11.6 Å². The molecule has 13 heavy (non-hydrogen) atoms. The Kier molecular flexibility index (Phi) is 2.24. The summed E-state index contributed by atoms with van der Waals surface area (Å²) in [5.74, 6) is 0.0758. The lowest BCUT2D eigenvalue weighted by molar-refractivity contribution is 0.104. The molecule has 0 amide bonds. The third-order valence-electron chi connectivity index (χ3n) is 1.65. The summed E-state index contributed by atoms with van der Waals surface area (Å²) in [6.45, 7) is 1.99. The van der Waals surface area contributed by atoms with Crippen LogP contribution in [0.25, 0.3) is 0 Å². The van der Waals surface area contributed by atoms with Gasteiger partial charge in [-0.2, -0.15) is 0 Å². The van der Waals surface area contributed by atoms with Gasteiger partial charge in [0.1, 0.15) is 0 Å². The Labute approximate surface area is 84.0 Å². The van der Waals surface area contributed by atoms with Gasteiger partial charge in [-0.3, -0.25) is 4.79 Å². The lowest BCUT2D eigenvalue weighted by atomic mass is 10.2. The van der Waals surface area contributed by atoms with Crippen molar-refractivity contribution in [1.29, 1.82) is 0 Å². The van der Waals surface area contributed by atoms with E-state index in [0.29, 0.717) is 5.56 Å². The molecule has 0 aliphatic carbocycles. The summed E-state index contributed by atoms with van der Waals surface area (Å²) in [6, 6.07) is 1.91. The Bertz CT molecular complexity index is 417. The molecule has 0 spiro atoms. The second-order valence-electron chi connectivity index (χ2n) is 2.73. The van der Waals surface area contributed by atoms with Gasteiger partial charge in [-0.25, -0.2) is 4.37 Å². The van der Waals surface area contributed by atoms with Crippen molar-refractivity contribution in [3.8, 4) is 0 Å². The molecule has 0 fully saturated rings. The number of hydrogen-bond donors (Lipinski definition) is 0. The summed E-state index contributed by atoms with van der Waals surface area (Å²) in [5, 5.41) is 3.75. The van der Waals surface area contributed by atoms with Crippen molar-refractivity contribution in [2.75, 3.05) is 0 Å². The van der Waals surface area contributed by atoms with Crippen molar-refractivity contribution in [2.45, 2.75) is 6.92 Å². The van der Waals surface area contributed by atoms with Gasteiger partial charge in [0.25, 0.3) is 0 Å². The molecular weight excluding hydrogens is 202 g/mol. The van der Waals surface area contributed by atoms with Crippen LogP contribution < -0.4 is 0 Å². The van der Waals surface area contributed by atoms with Crippen LogP contribution >= 0.6 is 22.9 Å². The zero-order valence-corrected chi connectivity index (χ0v) is 8.61. The van der Waals surface area contributed by atoms with Gasteiger partial charge < -0.3 is 0 Å². The van der Waals surface area contributed by atoms with Gasteiger partial charge >= 0.3 is 0 Å². The molecule has 0 N–H and O–H groups in total. The summed E-state index contributed by atoms with van der Waals surface area (Å²) < 4.78 is 3.90. The molecule has 0 aliphatic rings. The van der Waals surface area contributed by atoms with Crippen molar-refractivity contribution >= 4 is 28.7 Å². The van der Waals surface area contributed by atoms with Crippen LogP contribution in [-0.2, 0) is 0 Å². The maximum absolute atomic E-state index is 11.7. The van der Waals surface area contributed by atoms with E-state index in [9.17, 15) is 4.79 Å². The number of aromatic nitrogens is 1. The third kappa shape index (κ3) is 1.68. The molecule has 0 saturated heterocycles. The van der Waals surface area contributed by atoms with Crippen LogP contribution in [0.2, 0.25) is 0 Å². The fraction of sp³-hybridized carbons (Fsp3) is 0.111. The van der Waals surface area contributed by atoms with E-state index in [1.807, 2.05) is 18.4 Å². The van der Waals surface area contributed by atoms with Crippen molar-refractivity contribution in [1.82, 2.24) is 4.37 Å². The number of carbonyl (C=O) groups excluding carboxylic acids is 1. The molecule has 0 bridgehead atoms. The summed E-state index contributed by atoms with van der Waals surface area (Å²) >= 11 is 2.79. The van der Waals surface area contributed by atoms with Crippen LogP contribution in [0.4, 0.5) is 0 Å². The molecule has 66 valence electrons. The Balaban J connectivity index is 2.33. The quantitative estimate of drug-likeness (QED) is 0.712. The molecule has 0 aromatic carbocycles. The lowest BCUT2D eigenvalue weighted by Gasteiger charge is -1.89. The van der Waals surface area contributed by atoms with E-state index in [4.69, 9.17) is 0 Å². The predicted molar refractivity (Wildman–Crippen MR) is 54.6 cm³/mol. The summed E-state index contributed by atoms with van der Waals surface area (Å²) in [6.07, 6.45) is 1.61. The van der Waals surface area contributed by atoms with E-state index in [0.717, 1.165) is 10.4 Å². The topological polar surface area (TPSA) is 30.0 Å². The summed E-state index contributed by atoms with van der Waals surface area (Å²) in [5.41, 5.74) is 1.82. The normalized spacial score (nSPS) is 10.2. The molecule has 2 aromatic rings. The number of rotatable bonds is 2. The van der Waals surface area contributed by atoms with Gasteiger partial charge in [0, 0.05) is 5.38 Å². The molecule has 2 aromatic heterocycles. The second kappa shape index (κ2) is 3.40. The van der Waals surface area contributed by atoms with E-state index < -0.39 is 0 Å². The van der Waals surface area contributed by atoms with Crippen molar-refractivity contribution in [2.24, 2.45) is 0 Å². The Morgan fingerprint density at radius 2 is 2.31 bits per heavy atom. The molecular formula is C9H7NOS2. The van der Waals surface area contributed by atoms with Gasteiger partial charge in [0.15, 0.2) is 0 Å². The first-order valence-corrected chi connectivity index (χ1v) is 5.48. The van der Waals surface area contributed by atoms with Crippen LogP contribution in [-0.4, -0.2) is 10.2 Å². The van der Waals surface area contributed by atoms with E-state index in [2.05, 4.69) is 4.37 Å². The SMILES string of the molecule is Cc1csc(C(=O)c2cnsc2)c1. The van der Waals surface area contributed by atoms with Crippen molar-refractivity contribution < 1.29 is 4.79 Å². The van der Waals surface area contributed by atoms with Gasteiger partial charge in [0.05, 0.1) is 16.6 Å². The predicted octanol–water partition coefficient (Wildman–Crippen LogP) is 2.74. The smallest absolute Gasteiger partial charge is 0.205 e. The molecule has 2 nitrogen and oxygen atoms in total. The highest BCUT2D eigenvalue weighted by Gasteiger charge is 2.11. The minimum Gasteiger partial charge on any atom is -0.288 e. The highest BCUT2D eigenvalue weighted by atomic mass is 32.1. The zero-order valence-electron chi connectivity index (χ0n) is 6.98. The fourth-order valence-corrected chi connectivity index (χ4v) is 2.39. The monoisotopic (exact) mass is 209 g/mol. The molecule has 2 rings (SSSR count). The van der Waals surface area contributed by atoms with E-state index in [-0.39, 0.29) is 5.78 Å². The van der Waals surface area contributed by atoms with Crippen LogP contribution in [0.5, 0.6) is 0 Å². The highest BCUT2D eigenvalue weighted by molar-refractivity contribution is 7.12. The third-order valence-corrected chi connectivity index (χ3v) is 3.28. The number of thiophene rings is 1. The molecule has 0 radical (unpaired) electrons. The molecule has 0 aliphatic heterocycles. The first kappa shape index (κ1) is 8.59. The maximum Gasteiger partial charge on any atom is 0.205 e. The second-order valence-corrected chi connectivity index (χ2v) is 4.30. The van der Waals surface area contributed by atoms with Crippen LogP contribution in [0.3, 0.4) is 0 Å². The number of aryl methyl sites for hydroxylation is 1. The minimum absolute atomic E-state index is 0.0758. The first-order chi connectivity index (χ1) is 6.27. The number of hydrogen-bond acceptors (Lipinski definition) is 4. The van der Waals surface area contributed by atoms with Gasteiger partial charge in [-0.05, 0) is 35.5 Å². The average Bonchev–Trinajstić information content (AvgIpc) is 2.72. The van der Waals surface area contributed by atoms with Gasteiger partial charge in [0.2, 0.25) is 5.78 Å². The molecule has 4 heteroatoms. The zero-order chi connectivity index (χ0) is 9.26. The molecule has 2 heterocycles. The Morgan fingerprint density at radius 3 is 2.85 bits per heavy atom. The Morgan fingerprint density at radius 1 is 1.46 bits per heavy atom. The molecule has 0 saturated carbocycles. The summed E-state index contributed by atoms with van der Waals surface area (Å²) in [4.78, 5) is 12.5. The van der Waals surface area contributed by atoms with E-state index in [1.165, 1.54) is 22.9 Å². The van der Waals surface area contributed by atoms with Crippen LogP contribution in [0.1, 0.15) is 20.8 Å². The van der Waals surface area contributed by atoms with Gasteiger partial charge in [-0.1, -0.05) is 0 Å². The highest BCUT2D eigenvalue weighted by Crippen LogP contribution is 2.18. The minimum atomic E-state index is 0.0758. The fourth-order valence-electron chi connectivity index (χ4n) is 1.01. The number of carbonyl (C=O) groups is 1. The summed E-state index contributed by atoms with van der Waals surface area (Å²) in [7, 11) is 0. The number of ketones is 1. The average molecular weight is 209 g/mol. The van der Waals surface area contributed by atoms with Crippen molar-refractivity contribution in [3.05, 3.63) is 39.0 Å². The van der Waals surface area contributed by atoms with Gasteiger partial charge in [-0.15, -0.1) is 11.3 Å². The molecule has 0 unspecified atom stereocenters. The van der Waals surface area contributed by atoms with Crippen LogP contribution in [0.15, 0.2) is 23.0 Å². The van der Waals surface area contributed by atoms with E-state index >= 15 is 0 Å². The molecule has 0 atom stereocenters. The lowest BCUT2D eigenvalue weighted by Crippen LogP contribution is -1.95. The number of nitrogens with zero attached hydrogens (tertiary/aromatic N) is 1. The largest absolute Gasteiger partial charge is 0.288 e. The van der Waals surface area contributed by atoms with Crippen LogP contribution in [0, 0.1) is 6.92 Å². The maximum atomic E-state index is 11.7.